The smallest absolute Gasteiger partial charge is 0.126 e. The fourth-order valence-corrected chi connectivity index (χ4v) is 2.46. The van der Waals surface area contributed by atoms with Gasteiger partial charge < -0.3 is 38.3 Å². The molecule has 0 fully saturated rings. The Morgan fingerprint density at radius 2 is 0.750 bits per heavy atom. The minimum absolute atomic E-state index is 0.211. The molecule has 0 amide bonds. The van der Waals surface area contributed by atoms with Crippen LogP contribution in [0.1, 0.15) is 11.1 Å². The van der Waals surface area contributed by atoms with Gasteiger partial charge in [-0.15, -0.1) is 0 Å². The van der Waals surface area contributed by atoms with Gasteiger partial charge >= 0.3 is 0 Å². The summed E-state index contributed by atoms with van der Waals surface area (Å²) in [7, 11) is 0. The molecule has 1 aliphatic rings. The third-order valence-electron chi connectivity index (χ3n) is 3.95. The molecule has 0 aliphatic carbocycles. The van der Waals surface area contributed by atoms with E-state index in [2.05, 4.69) is 0 Å². The van der Waals surface area contributed by atoms with Crippen LogP contribution in [-0.4, -0.2) is 84.4 Å². The van der Waals surface area contributed by atoms with Gasteiger partial charge in [0.1, 0.15) is 5.75 Å². The first-order valence-corrected chi connectivity index (χ1v) is 9.72. The van der Waals surface area contributed by atoms with Crippen molar-refractivity contribution in [2.24, 2.45) is 0 Å². The number of rotatable bonds is 0. The molecule has 8 heteroatoms. The lowest BCUT2D eigenvalue weighted by molar-refractivity contribution is -0.0222. The molecule has 1 N–H and O–H groups in total. The number of phenols is 1. The Balaban J connectivity index is 1.73. The van der Waals surface area contributed by atoms with Gasteiger partial charge in [0.25, 0.3) is 0 Å². The van der Waals surface area contributed by atoms with E-state index in [1.165, 1.54) is 0 Å². The average molecular weight is 400 g/mol. The third kappa shape index (κ3) is 10.3. The van der Waals surface area contributed by atoms with Gasteiger partial charge in [-0.25, -0.2) is 0 Å². The van der Waals surface area contributed by atoms with E-state index in [-0.39, 0.29) is 5.75 Å². The summed E-state index contributed by atoms with van der Waals surface area (Å²) in [5.41, 5.74) is 1.46. The average Bonchev–Trinajstić information content (AvgIpc) is 2.70. The first kappa shape index (κ1) is 23.0. The molecule has 1 heterocycles. The molecule has 0 atom stereocenters. The van der Waals surface area contributed by atoms with Gasteiger partial charge in [-0.05, 0) is 0 Å². The maximum atomic E-state index is 10.4. The van der Waals surface area contributed by atoms with Crippen molar-refractivity contribution in [2.45, 2.75) is 13.2 Å². The zero-order valence-corrected chi connectivity index (χ0v) is 16.4. The summed E-state index contributed by atoms with van der Waals surface area (Å²) in [4.78, 5) is 0. The Hall–Kier alpha value is -1.26. The largest absolute Gasteiger partial charge is 0.507 e. The van der Waals surface area contributed by atoms with E-state index >= 15 is 0 Å². The van der Waals surface area contributed by atoms with Gasteiger partial charge in [0, 0.05) is 11.1 Å². The highest BCUT2D eigenvalue weighted by Gasteiger charge is 2.07. The lowest BCUT2D eigenvalue weighted by atomic mass is 10.1. The molecule has 28 heavy (non-hydrogen) atoms. The molecule has 2 bridgehead atoms. The number of para-hydroxylation sites is 1. The molecule has 1 aromatic carbocycles. The van der Waals surface area contributed by atoms with Crippen molar-refractivity contribution in [3.05, 3.63) is 29.3 Å². The molecule has 0 spiro atoms. The van der Waals surface area contributed by atoms with E-state index in [0.29, 0.717) is 92.5 Å². The second-order valence-electron chi connectivity index (χ2n) is 6.09. The van der Waals surface area contributed by atoms with Crippen LogP contribution < -0.4 is 0 Å². The monoisotopic (exact) mass is 400 g/mol. The predicted octanol–water partition coefficient (Wildman–Crippen LogP) is 1.52. The van der Waals surface area contributed by atoms with Gasteiger partial charge in [0.05, 0.1) is 92.5 Å². The molecule has 0 saturated heterocycles. The SMILES string of the molecule is Oc1c2cccc1COCCOCCOCCOCCOCCOCCOC2. The Morgan fingerprint density at radius 1 is 0.464 bits per heavy atom. The summed E-state index contributed by atoms with van der Waals surface area (Å²) in [5, 5.41) is 10.4. The molecule has 0 unspecified atom stereocenters. The Labute approximate surface area is 166 Å². The second-order valence-corrected chi connectivity index (χ2v) is 6.09. The summed E-state index contributed by atoms with van der Waals surface area (Å²) in [6.45, 7) is 6.63. The van der Waals surface area contributed by atoms with Crippen LogP contribution in [0.4, 0.5) is 0 Å². The van der Waals surface area contributed by atoms with Crippen molar-refractivity contribution < 1.29 is 38.3 Å². The number of hydrogen-bond acceptors (Lipinski definition) is 8. The van der Waals surface area contributed by atoms with Crippen LogP contribution in [0.15, 0.2) is 18.2 Å². The molecule has 2 rings (SSSR count). The standard InChI is InChI=1S/C20H32O8/c21-20-18-2-1-3-19(20)17-28-15-13-26-11-9-24-7-5-22-4-6-23-8-10-25-12-14-27-16-18/h1-3,21H,4-17H2. The normalized spacial score (nSPS) is 20.9. The quantitative estimate of drug-likeness (QED) is 0.702. The summed E-state index contributed by atoms with van der Waals surface area (Å²) in [6.07, 6.45) is 0. The topological polar surface area (TPSA) is 84.8 Å². The molecular formula is C20H32O8. The summed E-state index contributed by atoms with van der Waals surface area (Å²) in [6, 6.07) is 5.55. The lowest BCUT2D eigenvalue weighted by Crippen LogP contribution is -2.14. The van der Waals surface area contributed by atoms with Gasteiger partial charge in [0.2, 0.25) is 0 Å². The number of aromatic hydroxyl groups is 1. The van der Waals surface area contributed by atoms with Crippen LogP contribution in [0.5, 0.6) is 5.75 Å². The van der Waals surface area contributed by atoms with Crippen LogP contribution >= 0.6 is 0 Å². The van der Waals surface area contributed by atoms with Crippen molar-refractivity contribution in [2.75, 3.05) is 79.3 Å². The van der Waals surface area contributed by atoms with E-state index < -0.39 is 0 Å². The predicted molar refractivity (Wildman–Crippen MR) is 102 cm³/mol. The van der Waals surface area contributed by atoms with Gasteiger partial charge in [0.15, 0.2) is 0 Å². The second kappa shape index (κ2) is 15.6. The van der Waals surface area contributed by atoms with Crippen molar-refractivity contribution in [1.29, 1.82) is 0 Å². The van der Waals surface area contributed by atoms with Crippen molar-refractivity contribution in [3.63, 3.8) is 0 Å². The Morgan fingerprint density at radius 3 is 1.07 bits per heavy atom. The summed E-state index contributed by atoms with van der Waals surface area (Å²) in [5.74, 6) is 0.211. The minimum atomic E-state index is 0.211. The zero-order valence-electron chi connectivity index (χ0n) is 16.4. The molecule has 160 valence electrons. The number of phenolic OH excluding ortho intramolecular Hbond substituents is 1. The van der Waals surface area contributed by atoms with Gasteiger partial charge in [-0.1, -0.05) is 18.2 Å². The minimum Gasteiger partial charge on any atom is -0.507 e. The first-order valence-electron chi connectivity index (χ1n) is 9.72. The molecule has 0 saturated carbocycles. The maximum absolute atomic E-state index is 10.4. The van der Waals surface area contributed by atoms with Crippen LogP contribution in [0.2, 0.25) is 0 Å². The Bertz CT molecular complexity index is 471. The van der Waals surface area contributed by atoms with Crippen molar-refractivity contribution in [3.8, 4) is 5.75 Å². The van der Waals surface area contributed by atoms with Gasteiger partial charge in [-0.2, -0.15) is 0 Å². The molecule has 1 aliphatic heterocycles. The molecule has 1 aromatic rings. The fraction of sp³-hybridized carbons (Fsp3) is 0.700. The lowest BCUT2D eigenvalue weighted by Gasteiger charge is -2.12. The number of ether oxygens (including phenoxy) is 7. The van der Waals surface area contributed by atoms with E-state index in [4.69, 9.17) is 33.2 Å². The van der Waals surface area contributed by atoms with Crippen LogP contribution in [-0.2, 0) is 46.4 Å². The zero-order chi connectivity index (χ0) is 19.7. The number of benzene rings is 1. The molecule has 0 radical (unpaired) electrons. The highest BCUT2D eigenvalue weighted by atomic mass is 16.6. The van der Waals surface area contributed by atoms with Gasteiger partial charge in [-0.3, -0.25) is 0 Å². The summed E-state index contributed by atoms with van der Waals surface area (Å²) < 4.78 is 38.3. The van der Waals surface area contributed by atoms with E-state index in [1.807, 2.05) is 18.2 Å². The molecule has 0 aromatic heterocycles. The highest BCUT2D eigenvalue weighted by molar-refractivity contribution is 5.39. The highest BCUT2D eigenvalue weighted by Crippen LogP contribution is 2.23. The Kier molecular flexibility index (Phi) is 12.9. The maximum Gasteiger partial charge on any atom is 0.126 e. The van der Waals surface area contributed by atoms with Crippen LogP contribution in [0, 0.1) is 0 Å². The van der Waals surface area contributed by atoms with E-state index in [0.717, 1.165) is 11.1 Å². The van der Waals surface area contributed by atoms with Crippen LogP contribution in [0.25, 0.3) is 0 Å². The first-order chi connectivity index (χ1) is 13.9. The number of hydrogen-bond donors (Lipinski definition) is 1. The van der Waals surface area contributed by atoms with Crippen molar-refractivity contribution >= 4 is 0 Å². The number of fused-ring (bicyclic) bond motifs is 2. The van der Waals surface area contributed by atoms with E-state index in [9.17, 15) is 5.11 Å². The third-order valence-corrected chi connectivity index (χ3v) is 3.95. The molecular weight excluding hydrogens is 368 g/mol. The molecule has 8 nitrogen and oxygen atoms in total. The fourth-order valence-electron chi connectivity index (χ4n) is 2.46. The summed E-state index contributed by atoms with van der Waals surface area (Å²) >= 11 is 0. The van der Waals surface area contributed by atoms with Crippen molar-refractivity contribution in [1.82, 2.24) is 0 Å². The van der Waals surface area contributed by atoms with E-state index in [1.54, 1.807) is 0 Å². The van der Waals surface area contributed by atoms with Crippen LogP contribution in [0.3, 0.4) is 0 Å².